The molecule has 1 fully saturated rings. The minimum atomic E-state index is -3.46. The quantitative estimate of drug-likeness (QED) is 0.640. The van der Waals surface area contributed by atoms with Crippen LogP contribution in [-0.4, -0.2) is 65.1 Å². The Bertz CT molecular complexity index is 970. The standard InChI is InChI=1S/C22H32N4O3S/c1-5-30(28,29)22-23-13-20(26(22)15-19-9-7-6-8-10-19)16-24-11-12-25(14-17(2)3)21(27)18(24)4/h6-10,13,17-18H,5,11-12,14-16H2,1-4H3/t18-/m0/s1. The summed E-state index contributed by atoms with van der Waals surface area (Å²) in [5, 5.41) is 0.0984. The second-order valence-electron chi connectivity index (χ2n) is 8.33. The molecule has 1 atom stereocenters. The number of carbonyl (C=O) groups excluding carboxylic acids is 1. The van der Waals surface area contributed by atoms with Crippen molar-refractivity contribution in [3.05, 3.63) is 47.8 Å². The van der Waals surface area contributed by atoms with E-state index in [1.807, 2.05) is 42.2 Å². The molecule has 3 rings (SSSR count). The van der Waals surface area contributed by atoms with Gasteiger partial charge >= 0.3 is 0 Å². The third-order valence-electron chi connectivity index (χ3n) is 5.57. The molecule has 164 valence electrons. The molecule has 0 saturated carbocycles. The summed E-state index contributed by atoms with van der Waals surface area (Å²) in [7, 11) is -3.46. The average Bonchev–Trinajstić information content (AvgIpc) is 3.11. The number of nitrogens with zero attached hydrogens (tertiary/aromatic N) is 4. The van der Waals surface area contributed by atoms with Crippen molar-refractivity contribution in [2.75, 3.05) is 25.4 Å². The Kier molecular flexibility index (Phi) is 6.98. The molecule has 1 amide bonds. The summed E-state index contributed by atoms with van der Waals surface area (Å²) in [5.41, 5.74) is 1.82. The molecular weight excluding hydrogens is 400 g/mol. The van der Waals surface area contributed by atoms with E-state index in [0.29, 0.717) is 25.6 Å². The Morgan fingerprint density at radius 2 is 1.83 bits per heavy atom. The van der Waals surface area contributed by atoms with Gasteiger partial charge in [-0.05, 0) is 18.4 Å². The molecule has 30 heavy (non-hydrogen) atoms. The summed E-state index contributed by atoms with van der Waals surface area (Å²) in [6, 6.07) is 9.52. The van der Waals surface area contributed by atoms with Gasteiger partial charge in [0.05, 0.1) is 30.2 Å². The normalized spacial score (nSPS) is 18.4. The van der Waals surface area contributed by atoms with Gasteiger partial charge in [-0.1, -0.05) is 51.1 Å². The fourth-order valence-electron chi connectivity index (χ4n) is 3.85. The van der Waals surface area contributed by atoms with Gasteiger partial charge in [-0.25, -0.2) is 13.4 Å². The van der Waals surface area contributed by atoms with Crippen LogP contribution in [0.5, 0.6) is 0 Å². The van der Waals surface area contributed by atoms with Gasteiger partial charge in [-0.3, -0.25) is 9.69 Å². The van der Waals surface area contributed by atoms with Crippen LogP contribution in [0.4, 0.5) is 0 Å². The number of carbonyl (C=O) groups is 1. The van der Waals surface area contributed by atoms with Crippen molar-refractivity contribution in [3.63, 3.8) is 0 Å². The van der Waals surface area contributed by atoms with Crippen molar-refractivity contribution in [2.24, 2.45) is 5.92 Å². The lowest BCUT2D eigenvalue weighted by molar-refractivity contribution is -0.142. The van der Waals surface area contributed by atoms with Crippen LogP contribution in [0.25, 0.3) is 0 Å². The van der Waals surface area contributed by atoms with Crippen LogP contribution in [0, 0.1) is 5.92 Å². The highest BCUT2D eigenvalue weighted by molar-refractivity contribution is 7.91. The van der Waals surface area contributed by atoms with Crippen molar-refractivity contribution >= 4 is 15.7 Å². The number of rotatable bonds is 8. The molecule has 1 aliphatic rings. The van der Waals surface area contributed by atoms with Crippen LogP contribution in [0.1, 0.15) is 39.0 Å². The molecule has 0 unspecified atom stereocenters. The van der Waals surface area contributed by atoms with Gasteiger partial charge in [0.15, 0.2) is 0 Å². The molecule has 1 saturated heterocycles. The molecule has 2 aromatic rings. The number of hydrogen-bond acceptors (Lipinski definition) is 5. The summed E-state index contributed by atoms with van der Waals surface area (Å²) in [6.07, 6.45) is 1.64. The van der Waals surface area contributed by atoms with Crippen molar-refractivity contribution in [2.45, 2.75) is 52.0 Å². The van der Waals surface area contributed by atoms with E-state index in [2.05, 4.69) is 23.7 Å². The predicted molar refractivity (Wildman–Crippen MR) is 117 cm³/mol. The molecule has 0 radical (unpaired) electrons. The van der Waals surface area contributed by atoms with Crippen molar-refractivity contribution in [1.29, 1.82) is 0 Å². The summed E-state index contributed by atoms with van der Waals surface area (Å²) in [5.74, 6) is 0.563. The minimum absolute atomic E-state index is 0.00100. The Balaban J connectivity index is 1.86. The van der Waals surface area contributed by atoms with Gasteiger partial charge in [0.25, 0.3) is 0 Å². The first-order valence-electron chi connectivity index (χ1n) is 10.6. The first-order valence-corrected chi connectivity index (χ1v) is 12.2. The Morgan fingerprint density at radius 1 is 1.13 bits per heavy atom. The van der Waals surface area contributed by atoms with Crippen molar-refractivity contribution < 1.29 is 13.2 Å². The predicted octanol–water partition coefficient (Wildman–Crippen LogP) is 2.41. The molecule has 0 aliphatic carbocycles. The molecule has 0 N–H and O–H groups in total. The van der Waals surface area contributed by atoms with E-state index in [1.54, 1.807) is 17.7 Å². The summed E-state index contributed by atoms with van der Waals surface area (Å²) in [4.78, 5) is 21.1. The van der Waals surface area contributed by atoms with Crippen molar-refractivity contribution in [1.82, 2.24) is 19.4 Å². The summed E-state index contributed by atoms with van der Waals surface area (Å²) < 4.78 is 27.0. The number of amides is 1. The highest BCUT2D eigenvalue weighted by Gasteiger charge is 2.32. The fourth-order valence-corrected chi connectivity index (χ4v) is 4.84. The average molecular weight is 433 g/mol. The SMILES string of the molecule is CCS(=O)(=O)c1ncc(CN2CCN(CC(C)C)C(=O)[C@@H]2C)n1Cc1ccccc1. The van der Waals surface area contributed by atoms with Crippen LogP contribution in [0.3, 0.4) is 0 Å². The maximum atomic E-state index is 12.8. The lowest BCUT2D eigenvalue weighted by Gasteiger charge is -2.39. The number of hydrogen-bond donors (Lipinski definition) is 0. The van der Waals surface area contributed by atoms with E-state index < -0.39 is 9.84 Å². The summed E-state index contributed by atoms with van der Waals surface area (Å²) in [6.45, 7) is 10.9. The highest BCUT2D eigenvalue weighted by atomic mass is 32.2. The fraction of sp³-hybridized carbons (Fsp3) is 0.545. The number of aromatic nitrogens is 2. The van der Waals surface area contributed by atoms with Crippen LogP contribution in [0.2, 0.25) is 0 Å². The molecule has 8 heteroatoms. The largest absolute Gasteiger partial charge is 0.340 e. The van der Waals surface area contributed by atoms with E-state index in [1.165, 1.54) is 0 Å². The third-order valence-corrected chi connectivity index (χ3v) is 7.21. The maximum absolute atomic E-state index is 12.8. The molecule has 2 heterocycles. The molecule has 1 aliphatic heterocycles. The zero-order valence-corrected chi connectivity index (χ0v) is 19.1. The Labute approximate surface area is 179 Å². The minimum Gasteiger partial charge on any atom is -0.340 e. The van der Waals surface area contributed by atoms with E-state index in [-0.39, 0.29) is 22.9 Å². The number of benzene rings is 1. The summed E-state index contributed by atoms with van der Waals surface area (Å²) >= 11 is 0. The topological polar surface area (TPSA) is 75.5 Å². The zero-order chi connectivity index (χ0) is 21.9. The van der Waals surface area contributed by atoms with E-state index in [4.69, 9.17) is 0 Å². The van der Waals surface area contributed by atoms with Gasteiger partial charge < -0.3 is 9.47 Å². The maximum Gasteiger partial charge on any atom is 0.239 e. The molecule has 1 aromatic heterocycles. The second kappa shape index (κ2) is 9.31. The second-order valence-corrected chi connectivity index (χ2v) is 10.5. The molecule has 7 nitrogen and oxygen atoms in total. The molecule has 1 aromatic carbocycles. The highest BCUT2D eigenvalue weighted by Crippen LogP contribution is 2.20. The third kappa shape index (κ3) is 4.92. The van der Waals surface area contributed by atoms with Gasteiger partial charge in [-0.15, -0.1) is 0 Å². The van der Waals surface area contributed by atoms with E-state index >= 15 is 0 Å². The first-order chi connectivity index (χ1) is 14.2. The van der Waals surface area contributed by atoms with Crippen LogP contribution in [-0.2, 0) is 27.7 Å². The molecule has 0 bridgehead atoms. The van der Waals surface area contributed by atoms with E-state index in [9.17, 15) is 13.2 Å². The van der Waals surface area contributed by atoms with Crippen LogP contribution >= 0.6 is 0 Å². The number of sulfone groups is 1. The van der Waals surface area contributed by atoms with Crippen molar-refractivity contribution in [3.8, 4) is 0 Å². The van der Waals surface area contributed by atoms with E-state index in [0.717, 1.165) is 24.3 Å². The Morgan fingerprint density at radius 3 is 2.47 bits per heavy atom. The van der Waals surface area contributed by atoms with Crippen LogP contribution in [0.15, 0.2) is 41.7 Å². The van der Waals surface area contributed by atoms with Crippen LogP contribution < -0.4 is 0 Å². The lowest BCUT2D eigenvalue weighted by Crippen LogP contribution is -2.56. The van der Waals surface area contributed by atoms with Gasteiger partial charge in [-0.2, -0.15) is 0 Å². The number of piperazine rings is 1. The lowest BCUT2D eigenvalue weighted by atomic mass is 10.1. The van der Waals surface area contributed by atoms with Gasteiger partial charge in [0.1, 0.15) is 0 Å². The number of imidazole rings is 1. The monoisotopic (exact) mass is 432 g/mol. The smallest absolute Gasteiger partial charge is 0.239 e. The molecule has 0 spiro atoms. The van der Waals surface area contributed by atoms with Gasteiger partial charge in [0.2, 0.25) is 20.9 Å². The molecular formula is C22H32N4O3S. The zero-order valence-electron chi connectivity index (χ0n) is 18.3. The first kappa shape index (κ1) is 22.5. The Hall–Kier alpha value is -2.19. The van der Waals surface area contributed by atoms with Gasteiger partial charge in [0, 0.05) is 26.2 Å².